The Morgan fingerprint density at radius 3 is 2.61 bits per heavy atom. The lowest BCUT2D eigenvalue weighted by atomic mass is 10.2. The fraction of sp³-hybridized carbons (Fsp3) is 0.0870. The van der Waals surface area contributed by atoms with Crippen LogP contribution in [-0.2, 0) is 5.75 Å². The monoisotopic (exact) mass is 476 g/mol. The van der Waals surface area contributed by atoms with Crippen molar-refractivity contribution in [3.05, 3.63) is 88.2 Å². The van der Waals surface area contributed by atoms with Crippen molar-refractivity contribution >= 4 is 34.3 Å². The SMILES string of the molecule is COc1ccc(-n2c(SCc3nc4ccc(Cl)cc4c(=O)[nH]3)nnc2-c2ccncc2)cc1. The summed E-state index contributed by atoms with van der Waals surface area (Å²) in [5.74, 6) is 2.37. The van der Waals surface area contributed by atoms with E-state index in [1.807, 2.05) is 41.0 Å². The Morgan fingerprint density at radius 1 is 1.06 bits per heavy atom. The minimum absolute atomic E-state index is 0.229. The fourth-order valence-corrected chi connectivity index (χ4v) is 4.37. The highest BCUT2D eigenvalue weighted by atomic mass is 35.5. The van der Waals surface area contributed by atoms with Crippen LogP contribution in [0.4, 0.5) is 0 Å². The molecule has 0 amide bonds. The predicted molar refractivity (Wildman–Crippen MR) is 128 cm³/mol. The molecule has 0 aliphatic rings. The maximum atomic E-state index is 12.5. The molecule has 5 rings (SSSR count). The molecule has 0 radical (unpaired) electrons. The molecule has 10 heteroatoms. The molecule has 0 bridgehead atoms. The van der Waals surface area contributed by atoms with E-state index < -0.39 is 0 Å². The summed E-state index contributed by atoms with van der Waals surface area (Å²) in [4.78, 5) is 24.0. The van der Waals surface area contributed by atoms with Gasteiger partial charge in [-0.15, -0.1) is 10.2 Å². The largest absolute Gasteiger partial charge is 0.497 e. The first-order chi connectivity index (χ1) is 16.1. The van der Waals surface area contributed by atoms with Crippen LogP contribution in [0.15, 0.2) is 76.9 Å². The highest BCUT2D eigenvalue weighted by Crippen LogP contribution is 2.30. The Morgan fingerprint density at radius 2 is 1.85 bits per heavy atom. The number of nitrogens with zero attached hydrogens (tertiary/aromatic N) is 5. The number of H-pyrrole nitrogens is 1. The molecule has 5 aromatic rings. The van der Waals surface area contributed by atoms with E-state index in [1.165, 1.54) is 11.8 Å². The Hall–Kier alpha value is -3.69. The number of hydrogen-bond acceptors (Lipinski definition) is 7. The standard InChI is InChI=1S/C23H17ClN6O2S/c1-32-17-5-3-16(4-6-17)30-21(14-8-10-25-11-9-14)28-29-23(30)33-13-20-26-19-7-2-15(24)12-18(19)22(31)27-20/h2-12H,13H2,1H3,(H,26,27,31). The number of pyridine rings is 1. The number of nitrogens with one attached hydrogen (secondary N) is 1. The number of ether oxygens (including phenoxy) is 1. The van der Waals surface area contributed by atoms with Gasteiger partial charge in [0.2, 0.25) is 0 Å². The van der Waals surface area contributed by atoms with Gasteiger partial charge in [-0.1, -0.05) is 23.4 Å². The maximum absolute atomic E-state index is 12.5. The van der Waals surface area contributed by atoms with Crippen molar-refractivity contribution in [1.29, 1.82) is 0 Å². The topological polar surface area (TPSA) is 98.6 Å². The Balaban J connectivity index is 1.52. The summed E-state index contributed by atoms with van der Waals surface area (Å²) in [7, 11) is 1.63. The van der Waals surface area contributed by atoms with Crippen LogP contribution in [-0.4, -0.2) is 36.8 Å². The van der Waals surface area contributed by atoms with Crippen molar-refractivity contribution in [1.82, 2.24) is 29.7 Å². The average Bonchev–Trinajstić information content (AvgIpc) is 3.28. The number of halogens is 1. The number of fused-ring (bicyclic) bond motifs is 1. The van der Waals surface area contributed by atoms with Crippen LogP contribution < -0.4 is 10.3 Å². The van der Waals surface area contributed by atoms with Gasteiger partial charge in [-0.2, -0.15) is 0 Å². The zero-order chi connectivity index (χ0) is 22.8. The van der Waals surface area contributed by atoms with Gasteiger partial charge in [0.1, 0.15) is 11.6 Å². The third-order valence-corrected chi connectivity index (χ3v) is 6.13. The maximum Gasteiger partial charge on any atom is 0.258 e. The summed E-state index contributed by atoms with van der Waals surface area (Å²) in [6.45, 7) is 0. The van der Waals surface area contributed by atoms with Crippen molar-refractivity contribution in [3.63, 3.8) is 0 Å². The van der Waals surface area contributed by atoms with E-state index in [9.17, 15) is 4.79 Å². The second-order valence-electron chi connectivity index (χ2n) is 7.04. The summed E-state index contributed by atoms with van der Waals surface area (Å²) >= 11 is 7.43. The van der Waals surface area contributed by atoms with Gasteiger partial charge in [0.05, 0.1) is 23.8 Å². The molecule has 0 aliphatic carbocycles. The van der Waals surface area contributed by atoms with E-state index >= 15 is 0 Å². The molecule has 0 fully saturated rings. The zero-order valence-corrected chi connectivity index (χ0v) is 19.0. The van der Waals surface area contributed by atoms with Gasteiger partial charge >= 0.3 is 0 Å². The molecule has 0 saturated heterocycles. The van der Waals surface area contributed by atoms with Gasteiger partial charge < -0.3 is 9.72 Å². The van der Waals surface area contributed by atoms with Gasteiger partial charge in [0.25, 0.3) is 5.56 Å². The van der Waals surface area contributed by atoms with E-state index in [0.29, 0.717) is 38.5 Å². The quantitative estimate of drug-likeness (QED) is 0.360. The Kier molecular flexibility index (Phi) is 5.80. The molecule has 0 saturated carbocycles. The van der Waals surface area contributed by atoms with Crippen LogP contribution in [0, 0.1) is 0 Å². The molecular formula is C23H17ClN6O2S. The van der Waals surface area contributed by atoms with Crippen molar-refractivity contribution in [3.8, 4) is 22.8 Å². The van der Waals surface area contributed by atoms with Crippen molar-refractivity contribution in [2.45, 2.75) is 10.9 Å². The summed E-state index contributed by atoms with van der Waals surface area (Å²) in [5, 5.41) is 10.4. The lowest BCUT2D eigenvalue weighted by Crippen LogP contribution is -2.11. The highest BCUT2D eigenvalue weighted by Gasteiger charge is 2.17. The van der Waals surface area contributed by atoms with Crippen molar-refractivity contribution in [2.24, 2.45) is 0 Å². The molecule has 0 aliphatic heterocycles. The fourth-order valence-electron chi connectivity index (χ4n) is 3.38. The van der Waals surface area contributed by atoms with Crippen LogP contribution >= 0.6 is 23.4 Å². The zero-order valence-electron chi connectivity index (χ0n) is 17.4. The molecule has 8 nitrogen and oxygen atoms in total. The van der Waals surface area contributed by atoms with E-state index in [-0.39, 0.29) is 5.56 Å². The normalized spacial score (nSPS) is 11.1. The molecule has 0 spiro atoms. The van der Waals surface area contributed by atoms with Crippen LogP contribution in [0.2, 0.25) is 5.02 Å². The molecule has 33 heavy (non-hydrogen) atoms. The highest BCUT2D eigenvalue weighted by molar-refractivity contribution is 7.98. The number of hydrogen-bond donors (Lipinski definition) is 1. The lowest BCUT2D eigenvalue weighted by Gasteiger charge is -2.11. The van der Waals surface area contributed by atoms with E-state index in [4.69, 9.17) is 16.3 Å². The Bertz CT molecular complexity index is 1490. The molecule has 2 aromatic carbocycles. The number of aromatic nitrogens is 6. The number of rotatable bonds is 6. The molecule has 164 valence electrons. The molecule has 0 atom stereocenters. The first-order valence-corrected chi connectivity index (χ1v) is 11.3. The predicted octanol–water partition coefficient (Wildman–Crippen LogP) is 4.52. The van der Waals surface area contributed by atoms with Crippen LogP contribution in [0.1, 0.15) is 5.82 Å². The van der Waals surface area contributed by atoms with Gasteiger partial charge in [-0.05, 0) is 54.6 Å². The summed E-state index contributed by atoms with van der Waals surface area (Å²) in [6, 6.07) is 16.5. The van der Waals surface area contributed by atoms with Gasteiger partial charge in [-0.3, -0.25) is 14.3 Å². The lowest BCUT2D eigenvalue weighted by molar-refractivity contribution is 0.414. The third kappa shape index (κ3) is 4.33. The second kappa shape index (κ2) is 9.05. The van der Waals surface area contributed by atoms with Crippen molar-refractivity contribution < 1.29 is 4.74 Å². The number of methoxy groups -OCH3 is 1. The minimum Gasteiger partial charge on any atom is -0.497 e. The summed E-state index contributed by atoms with van der Waals surface area (Å²) in [5.41, 5.74) is 2.12. The molecule has 0 unspecified atom stereocenters. The molecule has 3 aromatic heterocycles. The average molecular weight is 477 g/mol. The van der Waals surface area contributed by atoms with Crippen molar-refractivity contribution in [2.75, 3.05) is 7.11 Å². The summed E-state index contributed by atoms with van der Waals surface area (Å²) in [6.07, 6.45) is 3.43. The van der Waals surface area contributed by atoms with Gasteiger partial charge in [0, 0.05) is 28.7 Å². The van der Waals surface area contributed by atoms with Crippen LogP contribution in [0.25, 0.3) is 28.0 Å². The Labute approximate surface area is 197 Å². The van der Waals surface area contributed by atoms with Gasteiger partial charge in [0.15, 0.2) is 11.0 Å². The molecular weight excluding hydrogens is 460 g/mol. The first kappa shape index (κ1) is 21.2. The number of aromatic amines is 1. The number of thioether (sulfide) groups is 1. The summed E-state index contributed by atoms with van der Waals surface area (Å²) < 4.78 is 7.24. The van der Waals surface area contributed by atoms with Gasteiger partial charge in [-0.25, -0.2) is 4.98 Å². The minimum atomic E-state index is -0.229. The van der Waals surface area contributed by atoms with E-state index in [1.54, 1.807) is 37.7 Å². The van der Waals surface area contributed by atoms with Crippen LogP contribution in [0.3, 0.4) is 0 Å². The van der Waals surface area contributed by atoms with Crippen LogP contribution in [0.5, 0.6) is 5.75 Å². The smallest absolute Gasteiger partial charge is 0.258 e. The third-order valence-electron chi connectivity index (χ3n) is 4.96. The molecule has 1 N–H and O–H groups in total. The number of benzene rings is 2. The molecule has 3 heterocycles. The second-order valence-corrected chi connectivity index (χ2v) is 8.42. The van der Waals surface area contributed by atoms with E-state index in [0.717, 1.165) is 17.0 Å². The first-order valence-electron chi connectivity index (χ1n) is 9.94. The van der Waals surface area contributed by atoms with E-state index in [2.05, 4.69) is 25.1 Å².